The first kappa shape index (κ1) is 24.5. The van der Waals surface area contributed by atoms with Gasteiger partial charge in [-0.3, -0.25) is 0 Å². The average molecular weight is 510 g/mol. The van der Waals surface area contributed by atoms with Gasteiger partial charge in [0, 0.05) is 33.0 Å². The van der Waals surface area contributed by atoms with Crippen molar-refractivity contribution in [1.82, 2.24) is 10.3 Å². The second kappa shape index (κ2) is 10.3. The van der Waals surface area contributed by atoms with E-state index in [9.17, 15) is 9.59 Å². The first-order valence-electron chi connectivity index (χ1n) is 10.8. The van der Waals surface area contributed by atoms with Crippen molar-refractivity contribution >= 4 is 45.7 Å². The van der Waals surface area contributed by atoms with Crippen LogP contribution in [0, 0.1) is 0 Å². The van der Waals surface area contributed by atoms with Crippen LogP contribution in [0.1, 0.15) is 25.3 Å². The van der Waals surface area contributed by atoms with E-state index < -0.39 is 17.9 Å². The van der Waals surface area contributed by atoms with Gasteiger partial charge < -0.3 is 20.1 Å². The third-order valence-corrected chi connectivity index (χ3v) is 6.70. The molecule has 0 saturated carbocycles. The molecule has 0 aliphatic carbocycles. The molecular weight excluding hydrogens is 486 g/mol. The summed E-state index contributed by atoms with van der Waals surface area (Å²) < 4.78 is 10.1. The Morgan fingerprint density at radius 3 is 2.23 bits per heavy atom. The highest BCUT2D eigenvalue weighted by Gasteiger charge is 2.37. The summed E-state index contributed by atoms with van der Waals surface area (Å²) >= 11 is 7.46. The molecule has 3 aromatic rings. The van der Waals surface area contributed by atoms with Crippen molar-refractivity contribution in [3.05, 3.63) is 87.0 Å². The van der Waals surface area contributed by atoms with E-state index in [2.05, 4.69) is 15.6 Å². The number of thiazole rings is 1. The molecule has 1 aromatic heterocycles. The minimum Gasteiger partial charge on any atom is -0.466 e. The molecule has 180 valence electrons. The number of hydrogen-bond acceptors (Lipinski definition) is 8. The van der Waals surface area contributed by atoms with Crippen LogP contribution < -0.4 is 10.6 Å². The number of hydrogen-bond donors (Lipinski definition) is 2. The second-order valence-corrected chi connectivity index (χ2v) is 9.21. The average Bonchev–Trinajstić information content (AvgIpc) is 3.31. The molecule has 9 heteroatoms. The highest BCUT2D eigenvalue weighted by molar-refractivity contribution is 7.14. The number of ether oxygens (including phenoxy) is 2. The lowest BCUT2D eigenvalue weighted by atomic mass is 9.80. The number of anilines is 2. The molecule has 0 fully saturated rings. The van der Waals surface area contributed by atoms with Crippen molar-refractivity contribution in [1.29, 1.82) is 0 Å². The Morgan fingerprint density at radius 2 is 1.63 bits per heavy atom. The van der Waals surface area contributed by atoms with Gasteiger partial charge in [0.1, 0.15) is 0 Å². The maximum atomic E-state index is 12.7. The maximum absolute atomic E-state index is 12.7. The number of allylic oxidation sites excluding steroid dienone is 2. The minimum absolute atomic E-state index is 0.356. The van der Waals surface area contributed by atoms with Crippen LogP contribution in [0.4, 0.5) is 10.8 Å². The number of rotatable bonds is 6. The van der Waals surface area contributed by atoms with Gasteiger partial charge in [0.05, 0.1) is 37.0 Å². The van der Waals surface area contributed by atoms with Crippen LogP contribution in [0.5, 0.6) is 0 Å². The van der Waals surface area contributed by atoms with Crippen molar-refractivity contribution < 1.29 is 19.1 Å². The van der Waals surface area contributed by atoms with Crippen LogP contribution in [0.15, 0.2) is 76.5 Å². The number of nitrogens with one attached hydrogen (secondary N) is 2. The standard InChI is InChI=1S/C26H24ClN3O4S/c1-14-21(24(31)33-3)23(22(15(2)28-14)25(32)34-4)17-6-5-7-19(12-17)29-26-30-20(13-35-26)16-8-10-18(27)11-9-16/h5-13,23,28H,1-4H3,(H,29,30). The molecule has 0 bridgehead atoms. The van der Waals surface area contributed by atoms with Crippen molar-refractivity contribution in [2.75, 3.05) is 19.5 Å². The summed E-state index contributed by atoms with van der Waals surface area (Å²) in [4.78, 5) is 30.1. The lowest BCUT2D eigenvalue weighted by molar-refractivity contribution is -0.137. The van der Waals surface area contributed by atoms with Gasteiger partial charge in [-0.1, -0.05) is 35.9 Å². The lowest BCUT2D eigenvalue weighted by Crippen LogP contribution is -2.32. The number of carbonyl (C=O) groups is 2. The van der Waals surface area contributed by atoms with Gasteiger partial charge in [-0.15, -0.1) is 11.3 Å². The summed E-state index contributed by atoms with van der Waals surface area (Å²) in [5, 5.41) is 9.77. The maximum Gasteiger partial charge on any atom is 0.336 e. The fraction of sp³-hybridized carbons (Fsp3) is 0.192. The monoisotopic (exact) mass is 509 g/mol. The minimum atomic E-state index is -0.654. The first-order chi connectivity index (χ1) is 16.8. The number of carbonyl (C=O) groups excluding carboxylic acids is 2. The number of halogens is 1. The van der Waals surface area contributed by atoms with Crippen LogP contribution in [-0.4, -0.2) is 31.1 Å². The van der Waals surface area contributed by atoms with Crippen LogP contribution in [0.2, 0.25) is 5.02 Å². The SMILES string of the molecule is COC(=O)C1=C(C)NC(C)=C(C(=O)OC)C1c1cccc(Nc2nc(-c3ccc(Cl)cc3)cs2)c1. The third kappa shape index (κ3) is 5.08. The van der Waals surface area contributed by atoms with E-state index >= 15 is 0 Å². The van der Waals surface area contributed by atoms with Gasteiger partial charge in [0.25, 0.3) is 0 Å². The third-order valence-electron chi connectivity index (χ3n) is 5.69. The van der Waals surface area contributed by atoms with Gasteiger partial charge in [-0.05, 0) is 43.7 Å². The van der Waals surface area contributed by atoms with Crippen molar-refractivity contribution in [3.8, 4) is 11.3 Å². The van der Waals surface area contributed by atoms with Gasteiger partial charge in [-0.2, -0.15) is 0 Å². The Labute approximate surface area is 212 Å². The summed E-state index contributed by atoms with van der Waals surface area (Å²) in [6, 6.07) is 15.0. The highest BCUT2D eigenvalue weighted by atomic mass is 35.5. The summed E-state index contributed by atoms with van der Waals surface area (Å²) in [6.45, 7) is 3.57. The van der Waals surface area contributed by atoms with Crippen LogP contribution in [-0.2, 0) is 19.1 Å². The number of aromatic nitrogens is 1. The van der Waals surface area contributed by atoms with Crippen molar-refractivity contribution in [2.24, 2.45) is 0 Å². The molecule has 0 amide bonds. The number of methoxy groups -OCH3 is 2. The molecule has 0 saturated heterocycles. The van der Waals surface area contributed by atoms with Crippen LogP contribution in [0.3, 0.4) is 0 Å². The molecule has 2 N–H and O–H groups in total. The number of esters is 2. The molecule has 0 unspecified atom stereocenters. The molecule has 1 aliphatic heterocycles. The Kier molecular flexibility index (Phi) is 7.23. The fourth-order valence-corrected chi connectivity index (χ4v) is 4.96. The first-order valence-corrected chi connectivity index (χ1v) is 12.0. The fourth-order valence-electron chi connectivity index (χ4n) is 4.09. The van der Waals surface area contributed by atoms with Gasteiger partial charge in [0.15, 0.2) is 5.13 Å². The summed E-state index contributed by atoms with van der Waals surface area (Å²) in [7, 11) is 2.64. The molecule has 0 spiro atoms. The van der Waals surface area contributed by atoms with E-state index in [1.165, 1.54) is 25.6 Å². The molecular formula is C26H24ClN3O4S. The number of benzene rings is 2. The Balaban J connectivity index is 1.69. The van der Waals surface area contributed by atoms with Crippen molar-refractivity contribution in [2.45, 2.75) is 19.8 Å². The van der Waals surface area contributed by atoms with E-state index in [0.29, 0.717) is 32.7 Å². The summed E-state index contributed by atoms with van der Waals surface area (Å²) in [5.41, 5.74) is 5.27. The molecule has 2 aromatic carbocycles. The molecule has 4 rings (SSSR count). The molecule has 2 heterocycles. The molecule has 35 heavy (non-hydrogen) atoms. The van der Waals surface area contributed by atoms with E-state index in [4.69, 9.17) is 21.1 Å². The topological polar surface area (TPSA) is 89.5 Å². The predicted molar refractivity (Wildman–Crippen MR) is 138 cm³/mol. The molecule has 0 atom stereocenters. The highest BCUT2D eigenvalue weighted by Crippen LogP contribution is 2.40. The summed E-state index contributed by atoms with van der Waals surface area (Å²) in [5.74, 6) is -1.68. The van der Waals surface area contributed by atoms with Gasteiger partial charge in [-0.25, -0.2) is 14.6 Å². The largest absolute Gasteiger partial charge is 0.466 e. The lowest BCUT2D eigenvalue weighted by Gasteiger charge is -2.30. The molecule has 7 nitrogen and oxygen atoms in total. The molecule has 1 aliphatic rings. The zero-order valence-electron chi connectivity index (χ0n) is 19.6. The van der Waals surface area contributed by atoms with E-state index in [0.717, 1.165) is 22.5 Å². The van der Waals surface area contributed by atoms with Crippen LogP contribution >= 0.6 is 22.9 Å². The Bertz CT molecular complexity index is 1310. The zero-order valence-corrected chi connectivity index (χ0v) is 21.2. The van der Waals surface area contributed by atoms with Gasteiger partial charge in [0.2, 0.25) is 0 Å². The second-order valence-electron chi connectivity index (χ2n) is 7.91. The van der Waals surface area contributed by atoms with Gasteiger partial charge >= 0.3 is 11.9 Å². The van der Waals surface area contributed by atoms with Crippen LogP contribution in [0.25, 0.3) is 11.3 Å². The number of dihydropyridines is 1. The normalized spacial score (nSPS) is 14.0. The van der Waals surface area contributed by atoms with E-state index in [1.54, 1.807) is 13.8 Å². The zero-order chi connectivity index (χ0) is 25.1. The Morgan fingerprint density at radius 1 is 1.00 bits per heavy atom. The Hall–Kier alpha value is -3.62. The quantitative estimate of drug-likeness (QED) is 0.406. The predicted octanol–water partition coefficient (Wildman–Crippen LogP) is 5.79. The molecule has 0 radical (unpaired) electrons. The van der Waals surface area contributed by atoms with E-state index in [1.807, 2.05) is 53.9 Å². The summed E-state index contributed by atoms with van der Waals surface area (Å²) in [6.07, 6.45) is 0. The van der Waals surface area contributed by atoms with E-state index in [-0.39, 0.29) is 0 Å². The van der Waals surface area contributed by atoms with Crippen molar-refractivity contribution in [3.63, 3.8) is 0 Å². The number of nitrogens with zero attached hydrogens (tertiary/aromatic N) is 1. The smallest absolute Gasteiger partial charge is 0.336 e.